The lowest BCUT2D eigenvalue weighted by Crippen LogP contribution is -2.25. The van der Waals surface area contributed by atoms with E-state index in [0.29, 0.717) is 36.6 Å². The lowest BCUT2D eigenvalue weighted by Gasteiger charge is -2.11. The standard InChI is InChI=1S/C23H24N2O4/c1-27-21-10-9-18(15-22(21)28-2)17-6-3-7-19(14-17)23(26)25-12-5-13-29-20-8-4-11-24-16-20/h3-4,6-11,14-16H,5,12-13H2,1-2H3,(H,25,26). The van der Waals surface area contributed by atoms with Crippen molar-refractivity contribution in [1.29, 1.82) is 0 Å². The van der Waals surface area contributed by atoms with E-state index in [0.717, 1.165) is 16.9 Å². The lowest BCUT2D eigenvalue weighted by atomic mass is 10.0. The number of hydrogen-bond acceptors (Lipinski definition) is 5. The quantitative estimate of drug-likeness (QED) is 0.558. The molecule has 0 atom stereocenters. The molecule has 6 nitrogen and oxygen atoms in total. The van der Waals surface area contributed by atoms with Gasteiger partial charge in [-0.3, -0.25) is 9.78 Å². The molecule has 3 rings (SSSR count). The maximum Gasteiger partial charge on any atom is 0.251 e. The summed E-state index contributed by atoms with van der Waals surface area (Å²) >= 11 is 0. The molecule has 6 heteroatoms. The zero-order chi connectivity index (χ0) is 20.5. The average Bonchev–Trinajstić information content (AvgIpc) is 2.79. The second-order valence-corrected chi connectivity index (χ2v) is 6.30. The Morgan fingerprint density at radius 2 is 1.79 bits per heavy atom. The molecule has 1 N–H and O–H groups in total. The van der Waals surface area contributed by atoms with Gasteiger partial charge in [-0.05, 0) is 53.9 Å². The van der Waals surface area contributed by atoms with Crippen molar-refractivity contribution in [2.45, 2.75) is 6.42 Å². The van der Waals surface area contributed by atoms with Gasteiger partial charge in [-0.1, -0.05) is 18.2 Å². The van der Waals surface area contributed by atoms with Crippen molar-refractivity contribution in [3.63, 3.8) is 0 Å². The summed E-state index contributed by atoms with van der Waals surface area (Å²) in [6.07, 6.45) is 4.07. The summed E-state index contributed by atoms with van der Waals surface area (Å²) in [6.45, 7) is 1.04. The lowest BCUT2D eigenvalue weighted by molar-refractivity contribution is 0.0951. The van der Waals surface area contributed by atoms with Crippen molar-refractivity contribution < 1.29 is 19.0 Å². The number of rotatable bonds is 9. The third-order valence-electron chi connectivity index (χ3n) is 4.35. The first-order valence-corrected chi connectivity index (χ1v) is 9.35. The summed E-state index contributed by atoms with van der Waals surface area (Å²) < 4.78 is 16.2. The average molecular weight is 392 g/mol. The number of carbonyl (C=O) groups is 1. The van der Waals surface area contributed by atoms with Crippen molar-refractivity contribution >= 4 is 5.91 Å². The number of aromatic nitrogens is 1. The van der Waals surface area contributed by atoms with E-state index in [9.17, 15) is 4.79 Å². The van der Waals surface area contributed by atoms with E-state index in [4.69, 9.17) is 14.2 Å². The molecule has 1 heterocycles. The monoisotopic (exact) mass is 392 g/mol. The van der Waals surface area contributed by atoms with Crippen molar-refractivity contribution in [3.8, 4) is 28.4 Å². The molecule has 1 amide bonds. The summed E-state index contributed by atoms with van der Waals surface area (Å²) in [5.41, 5.74) is 2.48. The number of nitrogens with zero attached hydrogens (tertiary/aromatic N) is 1. The molecule has 150 valence electrons. The molecule has 0 saturated heterocycles. The van der Waals surface area contributed by atoms with Gasteiger partial charge in [0.25, 0.3) is 5.91 Å². The number of ether oxygens (including phenoxy) is 3. The highest BCUT2D eigenvalue weighted by Gasteiger charge is 2.09. The number of methoxy groups -OCH3 is 2. The van der Waals surface area contributed by atoms with Crippen LogP contribution in [0.1, 0.15) is 16.8 Å². The van der Waals surface area contributed by atoms with Gasteiger partial charge in [0, 0.05) is 18.3 Å². The van der Waals surface area contributed by atoms with Crippen LogP contribution in [-0.4, -0.2) is 38.3 Å². The van der Waals surface area contributed by atoms with Crippen LogP contribution in [-0.2, 0) is 0 Å². The third kappa shape index (κ3) is 5.48. The number of pyridine rings is 1. The molecule has 0 fully saturated rings. The van der Waals surface area contributed by atoms with Gasteiger partial charge < -0.3 is 19.5 Å². The molecule has 1 aromatic heterocycles. The van der Waals surface area contributed by atoms with E-state index < -0.39 is 0 Å². The van der Waals surface area contributed by atoms with Crippen molar-refractivity contribution in [2.24, 2.45) is 0 Å². The Kier molecular flexibility index (Phi) is 7.05. The van der Waals surface area contributed by atoms with Crippen molar-refractivity contribution in [3.05, 3.63) is 72.6 Å². The fraction of sp³-hybridized carbons (Fsp3) is 0.217. The van der Waals surface area contributed by atoms with Gasteiger partial charge in [0.1, 0.15) is 5.75 Å². The minimum absolute atomic E-state index is 0.117. The van der Waals surface area contributed by atoms with Gasteiger partial charge in [0.05, 0.1) is 27.0 Å². The Hall–Kier alpha value is -3.54. The van der Waals surface area contributed by atoms with Crippen LogP contribution in [0.15, 0.2) is 67.0 Å². The number of amides is 1. The van der Waals surface area contributed by atoms with Crippen molar-refractivity contribution in [1.82, 2.24) is 10.3 Å². The highest BCUT2D eigenvalue weighted by molar-refractivity contribution is 5.95. The molecule has 2 aromatic carbocycles. The Bertz CT molecular complexity index is 945. The highest BCUT2D eigenvalue weighted by Crippen LogP contribution is 2.32. The van der Waals surface area contributed by atoms with Crippen LogP contribution in [0.5, 0.6) is 17.2 Å². The predicted molar refractivity (Wildman–Crippen MR) is 112 cm³/mol. The molecule has 0 aliphatic rings. The Morgan fingerprint density at radius 1 is 0.966 bits per heavy atom. The van der Waals surface area contributed by atoms with Crippen LogP contribution in [0.2, 0.25) is 0 Å². The zero-order valence-corrected chi connectivity index (χ0v) is 16.6. The largest absolute Gasteiger partial charge is 0.493 e. The normalized spacial score (nSPS) is 10.3. The second kappa shape index (κ2) is 10.1. The molecule has 0 unspecified atom stereocenters. The van der Waals surface area contributed by atoms with Crippen molar-refractivity contribution in [2.75, 3.05) is 27.4 Å². The van der Waals surface area contributed by atoms with Crippen LogP contribution in [0.25, 0.3) is 11.1 Å². The first-order chi connectivity index (χ1) is 14.2. The van der Waals surface area contributed by atoms with Gasteiger partial charge in [0.2, 0.25) is 0 Å². The Balaban J connectivity index is 1.56. The molecule has 0 bridgehead atoms. The molecule has 0 spiro atoms. The van der Waals surface area contributed by atoms with Crippen LogP contribution < -0.4 is 19.5 Å². The second-order valence-electron chi connectivity index (χ2n) is 6.30. The fourth-order valence-electron chi connectivity index (χ4n) is 2.85. The summed E-state index contributed by atoms with van der Waals surface area (Å²) in [6, 6.07) is 16.8. The summed E-state index contributed by atoms with van der Waals surface area (Å²) in [4.78, 5) is 16.5. The third-order valence-corrected chi connectivity index (χ3v) is 4.35. The topological polar surface area (TPSA) is 69.7 Å². The smallest absolute Gasteiger partial charge is 0.251 e. The molecular formula is C23H24N2O4. The Morgan fingerprint density at radius 3 is 2.55 bits per heavy atom. The van der Waals surface area contributed by atoms with Gasteiger partial charge in [-0.15, -0.1) is 0 Å². The number of nitrogens with one attached hydrogen (secondary N) is 1. The summed E-state index contributed by atoms with van der Waals surface area (Å²) in [7, 11) is 3.20. The molecule has 3 aromatic rings. The fourth-order valence-corrected chi connectivity index (χ4v) is 2.85. The van der Waals surface area contributed by atoms with E-state index in [1.54, 1.807) is 32.7 Å². The van der Waals surface area contributed by atoms with Gasteiger partial charge >= 0.3 is 0 Å². The molecule has 0 aliphatic carbocycles. The number of hydrogen-bond donors (Lipinski definition) is 1. The first-order valence-electron chi connectivity index (χ1n) is 9.35. The summed E-state index contributed by atoms with van der Waals surface area (Å²) in [5, 5.41) is 2.93. The highest BCUT2D eigenvalue weighted by atomic mass is 16.5. The van der Waals surface area contributed by atoms with Crippen LogP contribution in [0.4, 0.5) is 0 Å². The minimum atomic E-state index is -0.117. The van der Waals surface area contributed by atoms with E-state index in [1.165, 1.54) is 0 Å². The first kappa shape index (κ1) is 20.2. The molecule has 0 radical (unpaired) electrons. The molecule has 29 heavy (non-hydrogen) atoms. The van der Waals surface area contributed by atoms with E-state index in [1.807, 2.05) is 48.5 Å². The van der Waals surface area contributed by atoms with Crippen LogP contribution in [0, 0.1) is 0 Å². The molecule has 0 saturated carbocycles. The van der Waals surface area contributed by atoms with E-state index in [2.05, 4.69) is 10.3 Å². The maximum atomic E-state index is 12.5. The minimum Gasteiger partial charge on any atom is -0.493 e. The van der Waals surface area contributed by atoms with Gasteiger partial charge in [0.15, 0.2) is 11.5 Å². The van der Waals surface area contributed by atoms with Gasteiger partial charge in [-0.25, -0.2) is 0 Å². The molecular weight excluding hydrogens is 368 g/mol. The number of carbonyl (C=O) groups excluding carboxylic acids is 1. The van der Waals surface area contributed by atoms with Crippen LogP contribution in [0.3, 0.4) is 0 Å². The summed E-state index contributed by atoms with van der Waals surface area (Å²) in [5.74, 6) is 1.92. The van der Waals surface area contributed by atoms with Gasteiger partial charge in [-0.2, -0.15) is 0 Å². The maximum absolute atomic E-state index is 12.5. The number of benzene rings is 2. The van der Waals surface area contributed by atoms with E-state index in [-0.39, 0.29) is 5.91 Å². The van der Waals surface area contributed by atoms with Crippen LogP contribution >= 0.6 is 0 Å². The predicted octanol–water partition coefficient (Wildman–Crippen LogP) is 3.96. The zero-order valence-electron chi connectivity index (χ0n) is 16.6. The SMILES string of the molecule is COc1ccc(-c2cccc(C(=O)NCCCOc3cccnc3)c2)cc1OC. The van der Waals surface area contributed by atoms with E-state index >= 15 is 0 Å². The molecule has 0 aliphatic heterocycles. The Labute approximate surface area is 170 Å².